The predicted molar refractivity (Wildman–Crippen MR) is 230 cm³/mol. The van der Waals surface area contributed by atoms with Gasteiger partial charge in [0.25, 0.3) is 0 Å². The molecule has 6 unspecified atom stereocenters. The van der Waals surface area contributed by atoms with Crippen molar-refractivity contribution in [2.75, 3.05) is 26.4 Å². The van der Waals surface area contributed by atoms with Crippen LogP contribution in [0.4, 0.5) is 0 Å². The van der Waals surface area contributed by atoms with Crippen LogP contribution in [-0.2, 0) is 38.3 Å². The number of esters is 1. The number of aliphatic hydroxyl groups is 3. The van der Waals surface area contributed by atoms with Crippen LogP contribution in [0.15, 0.2) is 24.3 Å². The van der Waals surface area contributed by atoms with E-state index >= 15 is 0 Å². The van der Waals surface area contributed by atoms with E-state index in [0.29, 0.717) is 13.0 Å². The summed E-state index contributed by atoms with van der Waals surface area (Å²) >= 11 is 0. The first-order valence-corrected chi connectivity index (χ1v) is 24.5. The second-order valence-corrected chi connectivity index (χ2v) is 17.0. The maximum Gasteiger partial charge on any atom is 0.397 e. The minimum absolute atomic E-state index is 0.0375. The number of hydrogen-bond donors (Lipinski definition) is 4. The van der Waals surface area contributed by atoms with Crippen LogP contribution in [0.2, 0.25) is 0 Å². The number of hydrogen-bond acceptors (Lipinski definition) is 11. The largest absolute Gasteiger partial charge is 0.457 e. The molecule has 0 aromatic rings. The van der Waals surface area contributed by atoms with Gasteiger partial charge in [0.1, 0.15) is 30.5 Å². The third-order valence-corrected chi connectivity index (χ3v) is 11.0. The van der Waals surface area contributed by atoms with E-state index in [1.807, 2.05) is 0 Å². The van der Waals surface area contributed by atoms with Gasteiger partial charge in [-0.1, -0.05) is 167 Å². The van der Waals surface area contributed by atoms with Crippen molar-refractivity contribution in [1.29, 1.82) is 0 Å². The smallest absolute Gasteiger partial charge is 0.397 e. The Hall–Kier alpha value is -1.42. The third kappa shape index (κ3) is 30.6. The zero-order valence-corrected chi connectivity index (χ0v) is 37.2. The number of carbonyl (C=O) groups excluding carboxylic acids is 1. The van der Waals surface area contributed by atoms with Gasteiger partial charge in [0.05, 0.1) is 19.8 Å². The third-order valence-electron chi connectivity index (χ3n) is 10.6. The van der Waals surface area contributed by atoms with Gasteiger partial charge in [-0.2, -0.15) is 8.42 Å². The number of rotatable bonds is 40. The summed E-state index contributed by atoms with van der Waals surface area (Å²) in [6, 6.07) is 0. The highest BCUT2D eigenvalue weighted by Gasteiger charge is 2.48. The van der Waals surface area contributed by atoms with Gasteiger partial charge < -0.3 is 34.3 Å². The fourth-order valence-electron chi connectivity index (χ4n) is 7.06. The van der Waals surface area contributed by atoms with Gasteiger partial charge in [0.2, 0.25) is 0 Å². The Bertz CT molecular complexity index is 1120. The first-order valence-electron chi connectivity index (χ1n) is 23.1. The van der Waals surface area contributed by atoms with Gasteiger partial charge in [-0.25, -0.2) is 4.18 Å². The molecular formula is C45H84O12S. The fraction of sp³-hybridized carbons (Fsp3) is 0.889. The lowest BCUT2D eigenvalue weighted by Crippen LogP contribution is -2.60. The van der Waals surface area contributed by atoms with Crippen molar-refractivity contribution < 1.29 is 56.2 Å². The van der Waals surface area contributed by atoms with Crippen LogP contribution in [0.25, 0.3) is 0 Å². The number of unbranched alkanes of at least 4 members (excludes halogenated alkanes) is 23. The zero-order chi connectivity index (χ0) is 42.5. The van der Waals surface area contributed by atoms with Crippen LogP contribution in [0.5, 0.6) is 0 Å². The molecule has 1 rings (SSSR count). The normalized spacial score (nSPS) is 20.7. The van der Waals surface area contributed by atoms with Crippen LogP contribution in [0.1, 0.15) is 194 Å². The average Bonchev–Trinajstić information content (AvgIpc) is 3.19. The van der Waals surface area contributed by atoms with E-state index in [-0.39, 0.29) is 19.6 Å². The summed E-state index contributed by atoms with van der Waals surface area (Å²) in [6.07, 6.45) is 32.6. The summed E-state index contributed by atoms with van der Waals surface area (Å²) in [4.78, 5) is 12.8. The summed E-state index contributed by atoms with van der Waals surface area (Å²) in [7, 11) is -5.05. The number of aliphatic hydroxyl groups excluding tert-OH is 3. The maximum absolute atomic E-state index is 12.8. The maximum atomic E-state index is 12.8. The van der Waals surface area contributed by atoms with E-state index in [9.17, 15) is 28.5 Å². The molecule has 1 aliphatic heterocycles. The van der Waals surface area contributed by atoms with Crippen molar-refractivity contribution in [2.24, 2.45) is 0 Å². The molecule has 1 heterocycles. The molecule has 6 atom stereocenters. The van der Waals surface area contributed by atoms with Crippen molar-refractivity contribution in [1.82, 2.24) is 0 Å². The average molecular weight is 849 g/mol. The Labute approximate surface area is 352 Å². The second kappa shape index (κ2) is 37.4. The number of carbonyl (C=O) groups is 1. The molecule has 12 nitrogen and oxygen atoms in total. The molecule has 0 spiro atoms. The van der Waals surface area contributed by atoms with Gasteiger partial charge in [-0.05, 0) is 44.9 Å². The van der Waals surface area contributed by atoms with Crippen LogP contribution < -0.4 is 0 Å². The molecule has 1 saturated heterocycles. The minimum Gasteiger partial charge on any atom is -0.457 e. The van der Waals surface area contributed by atoms with E-state index in [1.54, 1.807) is 0 Å². The molecule has 1 aliphatic rings. The standard InChI is InChI=1S/C45H84O12S/c1-3-5-7-9-11-12-13-14-15-16-17-18-19-20-21-22-23-24-25-26-27-28-29-30-32-34-41(47)55-39(37-53-35-33-31-10-8-6-4-2)38-54-45-43(49)44(57-58(50,51)52)42(48)40(36-46)56-45/h13-14,16-17,39-40,42-46,48-49H,3-12,15,18-38H2,1-2H3,(H,50,51,52)/b14-13-,17-16-. The number of allylic oxidation sites excluding steroid dienone is 4. The lowest BCUT2D eigenvalue weighted by atomic mass is 9.99. The minimum atomic E-state index is -5.05. The van der Waals surface area contributed by atoms with E-state index in [2.05, 4.69) is 42.3 Å². The summed E-state index contributed by atoms with van der Waals surface area (Å²) in [6.45, 7) is 3.93. The summed E-state index contributed by atoms with van der Waals surface area (Å²) < 4.78 is 58.7. The quantitative estimate of drug-likeness (QED) is 0.0199. The van der Waals surface area contributed by atoms with Crippen LogP contribution in [0.3, 0.4) is 0 Å². The van der Waals surface area contributed by atoms with Gasteiger partial charge in [0, 0.05) is 13.0 Å². The Balaban J connectivity index is 2.24. The predicted octanol–water partition coefficient (Wildman–Crippen LogP) is 9.63. The van der Waals surface area contributed by atoms with E-state index in [4.69, 9.17) is 23.5 Å². The zero-order valence-electron chi connectivity index (χ0n) is 36.4. The van der Waals surface area contributed by atoms with Crippen LogP contribution >= 0.6 is 0 Å². The SMILES string of the molecule is CCCCCCC/C=C\C/C=C\CCCCCCCCCCCCCCCC(=O)OC(COCCCCCCCC)COC1OC(CO)C(O)C(OS(=O)(=O)O)C1O. The van der Waals surface area contributed by atoms with Gasteiger partial charge >= 0.3 is 16.4 Å². The molecule has 0 amide bonds. The van der Waals surface area contributed by atoms with Crippen molar-refractivity contribution in [3.05, 3.63) is 24.3 Å². The lowest BCUT2D eigenvalue weighted by molar-refractivity contribution is -0.301. The Morgan fingerprint density at radius 1 is 0.655 bits per heavy atom. The van der Waals surface area contributed by atoms with Crippen LogP contribution in [0, 0.1) is 0 Å². The van der Waals surface area contributed by atoms with Crippen LogP contribution in [-0.4, -0.2) is 97.5 Å². The molecule has 4 N–H and O–H groups in total. The number of ether oxygens (including phenoxy) is 4. The van der Waals surface area contributed by atoms with Crippen molar-refractivity contribution in [2.45, 2.75) is 230 Å². The van der Waals surface area contributed by atoms with Crippen molar-refractivity contribution >= 4 is 16.4 Å². The van der Waals surface area contributed by atoms with Crippen molar-refractivity contribution in [3.63, 3.8) is 0 Å². The molecule has 1 fully saturated rings. The monoisotopic (exact) mass is 849 g/mol. The molecule has 0 aromatic heterocycles. The fourth-order valence-corrected chi connectivity index (χ4v) is 7.56. The van der Waals surface area contributed by atoms with Gasteiger partial charge in [0.15, 0.2) is 6.29 Å². The molecule has 0 radical (unpaired) electrons. The highest BCUT2D eigenvalue weighted by Crippen LogP contribution is 2.26. The topological polar surface area (TPSA) is 178 Å². The van der Waals surface area contributed by atoms with E-state index in [0.717, 1.165) is 44.9 Å². The molecule has 0 saturated carbocycles. The van der Waals surface area contributed by atoms with Crippen molar-refractivity contribution in [3.8, 4) is 0 Å². The summed E-state index contributed by atoms with van der Waals surface area (Å²) in [5.41, 5.74) is 0. The summed E-state index contributed by atoms with van der Waals surface area (Å²) in [5.74, 6) is -0.402. The Kier molecular flexibility index (Phi) is 35.2. The second-order valence-electron chi connectivity index (χ2n) is 16.0. The molecule has 0 bridgehead atoms. The van der Waals surface area contributed by atoms with E-state index < -0.39 is 59.8 Å². The molecule has 0 aromatic carbocycles. The molecule has 58 heavy (non-hydrogen) atoms. The van der Waals surface area contributed by atoms with Gasteiger partial charge in [-0.3, -0.25) is 9.35 Å². The van der Waals surface area contributed by atoms with E-state index in [1.165, 1.54) is 122 Å². The molecule has 342 valence electrons. The molecule has 13 heteroatoms. The first kappa shape index (κ1) is 54.6. The molecular weight excluding hydrogens is 765 g/mol. The Morgan fingerprint density at radius 3 is 1.64 bits per heavy atom. The highest BCUT2D eigenvalue weighted by molar-refractivity contribution is 7.80. The van der Waals surface area contributed by atoms with Gasteiger partial charge in [-0.15, -0.1) is 0 Å². The Morgan fingerprint density at radius 2 is 1.14 bits per heavy atom. The highest BCUT2D eigenvalue weighted by atomic mass is 32.3. The first-order chi connectivity index (χ1) is 28.1. The molecule has 0 aliphatic carbocycles. The summed E-state index contributed by atoms with van der Waals surface area (Å²) in [5, 5.41) is 30.5. The lowest BCUT2D eigenvalue weighted by Gasteiger charge is -2.41.